The Kier molecular flexibility index (Phi) is 3.79. The number of anilines is 1. The topological polar surface area (TPSA) is 32.3 Å². The molecule has 0 aromatic carbocycles. The van der Waals surface area contributed by atoms with Gasteiger partial charge in [0.1, 0.15) is 0 Å². The Morgan fingerprint density at radius 3 is 2.67 bits per heavy atom. The number of hydrogen-bond acceptors (Lipinski definition) is 6. The van der Waals surface area contributed by atoms with Crippen LogP contribution in [-0.4, -0.2) is 41.0 Å². The highest BCUT2D eigenvalue weighted by atomic mass is 35.5. The van der Waals surface area contributed by atoms with Crippen molar-refractivity contribution in [1.82, 2.24) is 14.9 Å². The van der Waals surface area contributed by atoms with Crippen LogP contribution in [0.2, 0.25) is 4.47 Å². The van der Waals surface area contributed by atoms with Gasteiger partial charge in [0.2, 0.25) is 0 Å². The normalized spacial score (nSPS) is 17.3. The summed E-state index contributed by atoms with van der Waals surface area (Å²) in [6.45, 7) is 5.17. The molecule has 0 amide bonds. The molecular formula is C11H13ClN4S2. The SMILES string of the molecule is Clc1ncc(CN2CCN(c3nccs3)CC2)s1. The fraction of sp³-hybridized carbons (Fsp3) is 0.455. The Hall–Kier alpha value is -0.690. The van der Waals surface area contributed by atoms with Gasteiger partial charge in [0.15, 0.2) is 9.60 Å². The van der Waals surface area contributed by atoms with E-state index in [-0.39, 0.29) is 0 Å². The van der Waals surface area contributed by atoms with Crippen LogP contribution in [0.25, 0.3) is 0 Å². The summed E-state index contributed by atoms with van der Waals surface area (Å²) in [5, 5.41) is 3.16. The lowest BCUT2D eigenvalue weighted by Gasteiger charge is -2.34. The summed E-state index contributed by atoms with van der Waals surface area (Å²) in [7, 11) is 0. The van der Waals surface area contributed by atoms with Crippen molar-refractivity contribution in [1.29, 1.82) is 0 Å². The third kappa shape index (κ3) is 2.83. The fourth-order valence-corrected chi connectivity index (χ4v) is 3.76. The summed E-state index contributed by atoms with van der Waals surface area (Å²) in [6, 6.07) is 0. The van der Waals surface area contributed by atoms with Gasteiger partial charge in [-0.15, -0.1) is 22.7 Å². The molecule has 1 aliphatic heterocycles. The van der Waals surface area contributed by atoms with Gasteiger partial charge >= 0.3 is 0 Å². The molecule has 18 heavy (non-hydrogen) atoms. The molecule has 1 fully saturated rings. The zero-order valence-electron chi connectivity index (χ0n) is 9.75. The molecule has 0 bridgehead atoms. The Labute approximate surface area is 119 Å². The molecule has 3 rings (SSSR count). The van der Waals surface area contributed by atoms with Crippen LogP contribution in [0.1, 0.15) is 4.88 Å². The van der Waals surface area contributed by atoms with E-state index in [4.69, 9.17) is 11.6 Å². The monoisotopic (exact) mass is 300 g/mol. The smallest absolute Gasteiger partial charge is 0.185 e. The van der Waals surface area contributed by atoms with Crippen LogP contribution in [0, 0.1) is 0 Å². The van der Waals surface area contributed by atoms with Gasteiger partial charge in [-0.05, 0) is 0 Å². The van der Waals surface area contributed by atoms with Crippen molar-refractivity contribution in [3.63, 3.8) is 0 Å². The van der Waals surface area contributed by atoms with E-state index >= 15 is 0 Å². The van der Waals surface area contributed by atoms with E-state index in [0.29, 0.717) is 4.47 Å². The van der Waals surface area contributed by atoms with Crippen molar-refractivity contribution in [2.75, 3.05) is 31.1 Å². The minimum Gasteiger partial charge on any atom is -0.346 e. The molecular weight excluding hydrogens is 288 g/mol. The highest BCUT2D eigenvalue weighted by Gasteiger charge is 2.19. The summed E-state index contributed by atoms with van der Waals surface area (Å²) in [6.07, 6.45) is 3.74. The molecule has 7 heteroatoms. The predicted octanol–water partition coefficient (Wildman–Crippen LogP) is 2.58. The molecule has 0 N–H and O–H groups in total. The lowest BCUT2D eigenvalue weighted by atomic mass is 10.3. The number of hydrogen-bond donors (Lipinski definition) is 0. The molecule has 1 saturated heterocycles. The van der Waals surface area contributed by atoms with Crippen molar-refractivity contribution in [2.45, 2.75) is 6.54 Å². The molecule has 0 unspecified atom stereocenters. The zero-order valence-corrected chi connectivity index (χ0v) is 12.1. The van der Waals surface area contributed by atoms with E-state index < -0.39 is 0 Å². The number of halogens is 1. The van der Waals surface area contributed by atoms with E-state index in [1.807, 2.05) is 17.8 Å². The van der Waals surface area contributed by atoms with Crippen LogP contribution in [0.15, 0.2) is 17.8 Å². The standard InChI is InChI=1S/C11H13ClN4S2/c12-10-14-7-9(18-10)8-15-2-4-16(5-3-15)11-13-1-6-17-11/h1,6-7H,2-5,8H2. The average molecular weight is 301 g/mol. The van der Waals surface area contributed by atoms with Crippen LogP contribution in [0.5, 0.6) is 0 Å². The van der Waals surface area contributed by atoms with Crippen molar-refractivity contribution < 1.29 is 0 Å². The second-order valence-electron chi connectivity index (χ2n) is 4.16. The number of aromatic nitrogens is 2. The van der Waals surface area contributed by atoms with Gasteiger partial charge < -0.3 is 4.90 Å². The molecule has 96 valence electrons. The summed E-state index contributed by atoms with van der Waals surface area (Å²) in [5.74, 6) is 0. The molecule has 2 aromatic rings. The number of nitrogens with zero attached hydrogens (tertiary/aromatic N) is 4. The molecule has 0 spiro atoms. The number of thiazole rings is 2. The van der Waals surface area contributed by atoms with Crippen molar-refractivity contribution in [2.24, 2.45) is 0 Å². The van der Waals surface area contributed by atoms with Crippen molar-refractivity contribution >= 4 is 39.4 Å². The Morgan fingerprint density at radius 2 is 2.06 bits per heavy atom. The number of piperazine rings is 1. The highest BCUT2D eigenvalue weighted by Crippen LogP contribution is 2.22. The zero-order chi connectivity index (χ0) is 12.4. The van der Waals surface area contributed by atoms with Crippen LogP contribution >= 0.6 is 34.3 Å². The second-order valence-corrected chi connectivity index (χ2v) is 6.73. The summed E-state index contributed by atoms with van der Waals surface area (Å²) >= 11 is 9.12. The largest absolute Gasteiger partial charge is 0.346 e. The molecule has 3 heterocycles. The Morgan fingerprint density at radius 1 is 1.22 bits per heavy atom. The van der Waals surface area contributed by atoms with Crippen LogP contribution < -0.4 is 4.90 Å². The fourth-order valence-electron chi connectivity index (χ4n) is 2.05. The molecule has 1 aliphatic rings. The minimum absolute atomic E-state index is 0.631. The van der Waals surface area contributed by atoms with E-state index in [9.17, 15) is 0 Å². The van der Waals surface area contributed by atoms with Gasteiger partial charge in [-0.25, -0.2) is 9.97 Å². The molecule has 0 aliphatic carbocycles. The third-order valence-corrected chi connectivity index (χ3v) is 4.90. The predicted molar refractivity (Wildman–Crippen MR) is 76.7 cm³/mol. The first-order valence-corrected chi connectivity index (χ1v) is 7.86. The molecule has 0 saturated carbocycles. The maximum absolute atomic E-state index is 5.84. The maximum Gasteiger partial charge on any atom is 0.185 e. The van der Waals surface area contributed by atoms with Gasteiger partial charge in [-0.1, -0.05) is 11.6 Å². The van der Waals surface area contributed by atoms with E-state index in [1.165, 1.54) is 4.88 Å². The molecule has 4 nitrogen and oxygen atoms in total. The first-order chi connectivity index (χ1) is 8.81. The first-order valence-electron chi connectivity index (χ1n) is 5.78. The van der Waals surface area contributed by atoms with E-state index in [0.717, 1.165) is 37.9 Å². The molecule has 0 radical (unpaired) electrons. The summed E-state index contributed by atoms with van der Waals surface area (Å²) < 4.78 is 0.631. The minimum atomic E-state index is 0.631. The highest BCUT2D eigenvalue weighted by molar-refractivity contribution is 7.15. The van der Waals surface area contributed by atoms with Crippen LogP contribution in [-0.2, 0) is 6.54 Å². The lowest BCUT2D eigenvalue weighted by Crippen LogP contribution is -2.45. The summed E-state index contributed by atoms with van der Waals surface area (Å²) in [4.78, 5) is 14.5. The molecule has 0 atom stereocenters. The lowest BCUT2D eigenvalue weighted by molar-refractivity contribution is 0.252. The van der Waals surface area contributed by atoms with Crippen LogP contribution in [0.4, 0.5) is 5.13 Å². The Balaban J connectivity index is 1.54. The van der Waals surface area contributed by atoms with Gasteiger partial charge in [-0.2, -0.15) is 0 Å². The summed E-state index contributed by atoms with van der Waals surface area (Å²) in [5.41, 5.74) is 0. The maximum atomic E-state index is 5.84. The Bertz CT molecular complexity index is 491. The first kappa shape index (κ1) is 12.3. The van der Waals surface area contributed by atoms with Gasteiger partial charge in [-0.3, -0.25) is 4.90 Å². The second kappa shape index (κ2) is 5.52. The van der Waals surface area contributed by atoms with E-state index in [2.05, 4.69) is 19.8 Å². The van der Waals surface area contributed by atoms with Crippen molar-refractivity contribution in [3.8, 4) is 0 Å². The van der Waals surface area contributed by atoms with Gasteiger partial charge in [0.25, 0.3) is 0 Å². The van der Waals surface area contributed by atoms with Crippen molar-refractivity contribution in [3.05, 3.63) is 27.1 Å². The molecule has 2 aromatic heterocycles. The van der Waals surface area contributed by atoms with Gasteiger partial charge in [0, 0.05) is 55.4 Å². The quantitative estimate of drug-likeness (QED) is 0.872. The average Bonchev–Trinajstić information content (AvgIpc) is 3.02. The van der Waals surface area contributed by atoms with E-state index in [1.54, 1.807) is 22.7 Å². The van der Waals surface area contributed by atoms with Gasteiger partial charge in [0.05, 0.1) is 0 Å². The third-order valence-electron chi connectivity index (χ3n) is 2.97. The number of rotatable bonds is 3. The van der Waals surface area contributed by atoms with Crippen LogP contribution in [0.3, 0.4) is 0 Å².